The van der Waals surface area contributed by atoms with Crippen LogP contribution in [0.2, 0.25) is 0 Å². The number of nitrogens with two attached hydrogens (primary N) is 1. The summed E-state index contributed by atoms with van der Waals surface area (Å²) in [4.78, 5) is 2.47. The van der Waals surface area contributed by atoms with E-state index in [1.54, 1.807) is 22.7 Å². The van der Waals surface area contributed by atoms with E-state index in [0.717, 1.165) is 16.4 Å². The minimum Gasteiger partial charge on any atom is -0.322 e. The molecule has 80 valence electrons. The lowest BCUT2D eigenvalue weighted by Gasteiger charge is -2.00. The third-order valence-corrected chi connectivity index (χ3v) is 4.37. The van der Waals surface area contributed by atoms with E-state index < -0.39 is 0 Å². The van der Waals surface area contributed by atoms with Gasteiger partial charge in [-0.05, 0) is 25.5 Å². The molecule has 0 radical (unpaired) electrons. The number of aryl methyl sites for hydroxylation is 1. The van der Waals surface area contributed by atoms with Gasteiger partial charge in [0.2, 0.25) is 0 Å². The lowest BCUT2D eigenvalue weighted by atomic mass is 10.3. The Morgan fingerprint density at radius 1 is 1.33 bits per heavy atom. The maximum atomic E-state index is 5.90. The average Bonchev–Trinajstić information content (AvgIpc) is 2.84. The molecule has 0 aliphatic rings. The highest BCUT2D eigenvalue weighted by Gasteiger charge is 2.12. The molecule has 5 heteroatoms. The molecule has 1 unspecified atom stereocenters. The molecule has 0 bridgehead atoms. The Bertz CT molecular complexity index is 447. The molecule has 0 amide bonds. The van der Waals surface area contributed by atoms with Crippen molar-refractivity contribution in [1.82, 2.24) is 10.2 Å². The standard InChI is InChI=1S/C10H13N3S2/c1-3-7(11)9-12-13-10(15-9)8-5-4-6(2)14-8/h4-5,7H,3,11H2,1-2H3. The van der Waals surface area contributed by atoms with Gasteiger partial charge in [-0.15, -0.1) is 21.5 Å². The van der Waals surface area contributed by atoms with E-state index in [1.165, 1.54) is 9.75 Å². The smallest absolute Gasteiger partial charge is 0.157 e. The van der Waals surface area contributed by atoms with Gasteiger partial charge >= 0.3 is 0 Å². The molecular formula is C10H13N3S2. The lowest BCUT2D eigenvalue weighted by molar-refractivity contribution is 0.683. The van der Waals surface area contributed by atoms with Gasteiger partial charge in [-0.25, -0.2) is 0 Å². The second kappa shape index (κ2) is 4.38. The minimum atomic E-state index is 0.0253. The first kappa shape index (κ1) is 10.7. The van der Waals surface area contributed by atoms with Crippen molar-refractivity contribution in [2.45, 2.75) is 26.3 Å². The number of hydrogen-bond acceptors (Lipinski definition) is 5. The molecule has 15 heavy (non-hydrogen) atoms. The maximum absolute atomic E-state index is 5.90. The van der Waals surface area contributed by atoms with Crippen molar-refractivity contribution in [3.63, 3.8) is 0 Å². The van der Waals surface area contributed by atoms with Crippen molar-refractivity contribution in [3.05, 3.63) is 22.0 Å². The van der Waals surface area contributed by atoms with Crippen LogP contribution < -0.4 is 5.73 Å². The van der Waals surface area contributed by atoms with Crippen molar-refractivity contribution in [3.8, 4) is 9.88 Å². The third-order valence-electron chi connectivity index (χ3n) is 2.15. The average molecular weight is 239 g/mol. The van der Waals surface area contributed by atoms with Crippen LogP contribution in [-0.4, -0.2) is 10.2 Å². The van der Waals surface area contributed by atoms with E-state index in [2.05, 4.69) is 36.2 Å². The Balaban J connectivity index is 2.27. The first-order valence-electron chi connectivity index (χ1n) is 4.86. The molecule has 2 heterocycles. The van der Waals surface area contributed by atoms with Crippen LogP contribution in [0.3, 0.4) is 0 Å². The molecule has 0 aromatic carbocycles. The highest BCUT2D eigenvalue weighted by Crippen LogP contribution is 2.31. The van der Waals surface area contributed by atoms with Crippen LogP contribution in [0.4, 0.5) is 0 Å². The Morgan fingerprint density at radius 3 is 2.73 bits per heavy atom. The minimum absolute atomic E-state index is 0.0253. The monoisotopic (exact) mass is 239 g/mol. The quantitative estimate of drug-likeness (QED) is 0.895. The molecule has 2 aromatic rings. The number of aromatic nitrogens is 2. The van der Waals surface area contributed by atoms with Gasteiger partial charge in [-0.2, -0.15) is 0 Å². The van der Waals surface area contributed by atoms with E-state index in [-0.39, 0.29) is 6.04 Å². The molecule has 3 nitrogen and oxygen atoms in total. The molecule has 0 aliphatic heterocycles. The molecule has 0 spiro atoms. The summed E-state index contributed by atoms with van der Waals surface area (Å²) in [5, 5.41) is 10.2. The molecule has 0 saturated carbocycles. The summed E-state index contributed by atoms with van der Waals surface area (Å²) in [6.07, 6.45) is 0.901. The molecular weight excluding hydrogens is 226 g/mol. The Hall–Kier alpha value is -0.780. The highest BCUT2D eigenvalue weighted by atomic mass is 32.1. The van der Waals surface area contributed by atoms with E-state index >= 15 is 0 Å². The van der Waals surface area contributed by atoms with Gasteiger partial charge in [0.1, 0.15) is 5.01 Å². The SMILES string of the molecule is CCC(N)c1nnc(-c2ccc(C)s2)s1. The highest BCUT2D eigenvalue weighted by molar-refractivity contribution is 7.21. The molecule has 2 aromatic heterocycles. The Kier molecular flexibility index (Phi) is 3.14. The fourth-order valence-electron chi connectivity index (χ4n) is 1.21. The summed E-state index contributed by atoms with van der Waals surface area (Å²) in [6, 6.07) is 4.21. The van der Waals surface area contributed by atoms with Crippen LogP contribution in [0.5, 0.6) is 0 Å². The summed E-state index contributed by atoms with van der Waals surface area (Å²) in [5.74, 6) is 0. The predicted molar refractivity (Wildman–Crippen MR) is 65.2 cm³/mol. The van der Waals surface area contributed by atoms with Crippen molar-refractivity contribution in [1.29, 1.82) is 0 Å². The Morgan fingerprint density at radius 2 is 2.13 bits per heavy atom. The first-order valence-corrected chi connectivity index (χ1v) is 6.49. The van der Waals surface area contributed by atoms with Crippen LogP contribution in [0.1, 0.15) is 29.3 Å². The van der Waals surface area contributed by atoms with E-state index in [0.29, 0.717) is 0 Å². The largest absolute Gasteiger partial charge is 0.322 e. The summed E-state index contributed by atoms with van der Waals surface area (Å²) < 4.78 is 0. The van der Waals surface area contributed by atoms with Gasteiger partial charge in [-0.3, -0.25) is 0 Å². The van der Waals surface area contributed by atoms with Crippen LogP contribution >= 0.6 is 22.7 Å². The van der Waals surface area contributed by atoms with Crippen molar-refractivity contribution >= 4 is 22.7 Å². The third kappa shape index (κ3) is 2.25. The number of nitrogens with zero attached hydrogens (tertiary/aromatic N) is 2. The van der Waals surface area contributed by atoms with Crippen molar-refractivity contribution < 1.29 is 0 Å². The number of rotatable bonds is 3. The molecule has 0 fully saturated rings. The zero-order valence-corrected chi connectivity index (χ0v) is 10.4. The zero-order valence-electron chi connectivity index (χ0n) is 8.73. The first-order chi connectivity index (χ1) is 7.20. The fourth-order valence-corrected chi connectivity index (χ4v) is 3.05. The zero-order chi connectivity index (χ0) is 10.8. The van der Waals surface area contributed by atoms with Crippen molar-refractivity contribution in [2.75, 3.05) is 0 Å². The molecule has 0 saturated heterocycles. The maximum Gasteiger partial charge on any atom is 0.157 e. The predicted octanol–water partition coefficient (Wildman–Crippen LogP) is 2.98. The van der Waals surface area contributed by atoms with Gasteiger partial charge in [0.05, 0.1) is 10.9 Å². The molecule has 0 aliphatic carbocycles. The van der Waals surface area contributed by atoms with Gasteiger partial charge in [0, 0.05) is 4.88 Å². The molecule has 2 N–H and O–H groups in total. The molecule has 1 atom stereocenters. The van der Waals surface area contributed by atoms with Gasteiger partial charge in [0.15, 0.2) is 5.01 Å². The normalized spacial score (nSPS) is 13.0. The number of hydrogen-bond donors (Lipinski definition) is 1. The Labute approximate surface area is 97.0 Å². The summed E-state index contributed by atoms with van der Waals surface area (Å²) in [6.45, 7) is 4.15. The van der Waals surface area contributed by atoms with E-state index in [4.69, 9.17) is 5.73 Å². The van der Waals surface area contributed by atoms with Crippen LogP contribution in [-0.2, 0) is 0 Å². The van der Waals surface area contributed by atoms with Crippen LogP contribution in [0, 0.1) is 6.92 Å². The lowest BCUT2D eigenvalue weighted by Crippen LogP contribution is -2.07. The summed E-state index contributed by atoms with van der Waals surface area (Å²) >= 11 is 3.34. The second-order valence-electron chi connectivity index (χ2n) is 3.37. The van der Waals surface area contributed by atoms with Gasteiger partial charge < -0.3 is 5.73 Å². The topological polar surface area (TPSA) is 51.8 Å². The fraction of sp³-hybridized carbons (Fsp3) is 0.400. The summed E-state index contributed by atoms with van der Waals surface area (Å²) in [7, 11) is 0. The van der Waals surface area contributed by atoms with E-state index in [9.17, 15) is 0 Å². The second-order valence-corrected chi connectivity index (χ2v) is 5.67. The summed E-state index contributed by atoms with van der Waals surface area (Å²) in [5.41, 5.74) is 5.90. The van der Waals surface area contributed by atoms with Crippen molar-refractivity contribution in [2.24, 2.45) is 5.73 Å². The van der Waals surface area contributed by atoms with Crippen LogP contribution in [0.15, 0.2) is 12.1 Å². The molecule has 2 rings (SSSR count). The van der Waals surface area contributed by atoms with Crippen LogP contribution in [0.25, 0.3) is 9.88 Å². The van der Waals surface area contributed by atoms with Gasteiger partial charge in [0.25, 0.3) is 0 Å². The van der Waals surface area contributed by atoms with Gasteiger partial charge in [-0.1, -0.05) is 18.3 Å². The van der Waals surface area contributed by atoms with E-state index in [1.807, 2.05) is 0 Å². The number of thiophene rings is 1.